The van der Waals surface area contributed by atoms with E-state index in [1.54, 1.807) is 11.8 Å². The van der Waals surface area contributed by atoms with Crippen molar-refractivity contribution in [2.45, 2.75) is 140 Å². The fraction of sp³-hybridized carbons (Fsp3) is 0.697. The quantitative estimate of drug-likeness (QED) is 0.141. The van der Waals surface area contributed by atoms with Gasteiger partial charge in [0.15, 0.2) is 0 Å². The first kappa shape index (κ1) is 33.4. The van der Waals surface area contributed by atoms with Gasteiger partial charge in [-0.05, 0) is 44.1 Å². The molecule has 1 unspecified atom stereocenters. The van der Waals surface area contributed by atoms with Crippen LogP contribution in [-0.2, 0) is 15.3 Å². The summed E-state index contributed by atoms with van der Waals surface area (Å²) >= 11 is 1.64. The van der Waals surface area contributed by atoms with Gasteiger partial charge in [-0.25, -0.2) is 0 Å². The third kappa shape index (κ3) is 17.5. The highest BCUT2D eigenvalue weighted by Crippen LogP contribution is 2.22. The average molecular weight is 559 g/mol. The van der Waals surface area contributed by atoms with E-state index in [1.807, 2.05) is 42.5 Å². The Labute approximate surface area is 242 Å². The lowest BCUT2D eigenvalue weighted by atomic mass is 9.91. The molecule has 1 aromatic carbocycles. The number of rotatable bonds is 16. The molecule has 2 fully saturated rings. The molecule has 0 heterocycles. The summed E-state index contributed by atoms with van der Waals surface area (Å²) in [5, 5.41) is 15.8. The Morgan fingerprint density at radius 2 is 1.56 bits per heavy atom. The monoisotopic (exact) mass is 558 g/mol. The molecule has 3 rings (SSSR count). The van der Waals surface area contributed by atoms with Crippen molar-refractivity contribution in [2.24, 2.45) is 0 Å². The number of carbonyl (C=O) groups excluding carboxylic acids is 1. The van der Waals surface area contributed by atoms with Crippen LogP contribution in [0.1, 0.15) is 122 Å². The van der Waals surface area contributed by atoms with Gasteiger partial charge in [0.1, 0.15) is 0 Å². The Morgan fingerprint density at radius 3 is 2.15 bits per heavy atom. The standard InChI is InChI=1S/C21H31NO3S.C12H23N/c1-2-3-4-5-6-7-11-14-20(23)22-19(15-21(24)25)17-26-16-18-12-9-8-10-13-18;1-3-7-11(8-4-1)13-12-9-5-2-6-10-12/h7-13,19H,2-6,14-17H2,1H3,(H,22,23)(H,24,25);11-13H,1-10H2/b11-7+;. The minimum absolute atomic E-state index is 0.0474. The molecule has 0 spiro atoms. The average Bonchev–Trinajstić information content (AvgIpc) is 2.94. The first-order valence-corrected chi connectivity index (χ1v) is 16.8. The summed E-state index contributed by atoms with van der Waals surface area (Å²) in [5.74, 6) is 0.404. The molecule has 6 heteroatoms. The third-order valence-corrected chi connectivity index (χ3v) is 8.77. The van der Waals surface area contributed by atoms with Crippen LogP contribution < -0.4 is 10.6 Å². The zero-order valence-electron chi connectivity index (χ0n) is 24.4. The number of unbranched alkanes of at least 4 members (excludes halogenated alkanes) is 4. The Balaban J connectivity index is 0.000000338. The number of amides is 1. The smallest absolute Gasteiger partial charge is 0.305 e. The molecule has 39 heavy (non-hydrogen) atoms. The summed E-state index contributed by atoms with van der Waals surface area (Å²) in [7, 11) is 0. The van der Waals surface area contributed by atoms with E-state index in [1.165, 1.54) is 89.0 Å². The zero-order chi connectivity index (χ0) is 28.0. The van der Waals surface area contributed by atoms with E-state index in [4.69, 9.17) is 5.11 Å². The molecule has 5 nitrogen and oxygen atoms in total. The normalized spacial score (nSPS) is 17.4. The van der Waals surface area contributed by atoms with Gasteiger partial charge in [0, 0.05) is 36.1 Å². The van der Waals surface area contributed by atoms with Gasteiger partial charge in [0.2, 0.25) is 5.91 Å². The van der Waals surface area contributed by atoms with Crippen LogP contribution in [0.2, 0.25) is 0 Å². The molecule has 220 valence electrons. The van der Waals surface area contributed by atoms with Gasteiger partial charge in [-0.1, -0.05) is 107 Å². The number of carbonyl (C=O) groups is 2. The predicted molar refractivity (Wildman–Crippen MR) is 166 cm³/mol. The van der Waals surface area contributed by atoms with Crippen LogP contribution in [0.15, 0.2) is 42.5 Å². The van der Waals surface area contributed by atoms with E-state index in [9.17, 15) is 9.59 Å². The van der Waals surface area contributed by atoms with Crippen molar-refractivity contribution in [1.29, 1.82) is 0 Å². The summed E-state index contributed by atoms with van der Waals surface area (Å²) in [4.78, 5) is 23.1. The Hall–Kier alpha value is -1.79. The van der Waals surface area contributed by atoms with Gasteiger partial charge in [-0.2, -0.15) is 11.8 Å². The molecule has 2 aliphatic carbocycles. The Morgan fingerprint density at radius 1 is 0.923 bits per heavy atom. The highest BCUT2D eigenvalue weighted by molar-refractivity contribution is 7.98. The van der Waals surface area contributed by atoms with Crippen molar-refractivity contribution in [2.75, 3.05) is 5.75 Å². The van der Waals surface area contributed by atoms with E-state index >= 15 is 0 Å². The molecule has 2 aliphatic rings. The maximum atomic E-state index is 12.0. The molecule has 1 atom stereocenters. The van der Waals surface area contributed by atoms with E-state index in [-0.39, 0.29) is 18.4 Å². The number of hydrogen-bond acceptors (Lipinski definition) is 4. The van der Waals surface area contributed by atoms with E-state index < -0.39 is 5.97 Å². The van der Waals surface area contributed by atoms with Crippen LogP contribution in [0.5, 0.6) is 0 Å². The highest BCUT2D eigenvalue weighted by Gasteiger charge is 2.19. The third-order valence-electron chi connectivity index (χ3n) is 7.59. The number of benzene rings is 1. The highest BCUT2D eigenvalue weighted by atomic mass is 32.2. The summed E-state index contributed by atoms with van der Waals surface area (Å²) < 4.78 is 0. The Bertz CT molecular complexity index is 773. The van der Waals surface area contributed by atoms with Crippen molar-refractivity contribution in [3.05, 3.63) is 48.0 Å². The largest absolute Gasteiger partial charge is 0.481 e. The van der Waals surface area contributed by atoms with Gasteiger partial charge >= 0.3 is 5.97 Å². The fourth-order valence-electron chi connectivity index (χ4n) is 5.41. The maximum Gasteiger partial charge on any atom is 0.305 e. The lowest BCUT2D eigenvalue weighted by Crippen LogP contribution is -2.40. The predicted octanol–water partition coefficient (Wildman–Crippen LogP) is 8.04. The van der Waals surface area contributed by atoms with Gasteiger partial charge in [-0.15, -0.1) is 0 Å². The number of nitrogens with one attached hydrogen (secondary N) is 2. The van der Waals surface area contributed by atoms with E-state index in [0.29, 0.717) is 12.2 Å². The molecule has 1 amide bonds. The molecule has 0 saturated heterocycles. The number of carboxylic acid groups (broad SMARTS) is 1. The van der Waals surface area contributed by atoms with Crippen LogP contribution in [0.25, 0.3) is 0 Å². The number of thioether (sulfide) groups is 1. The van der Waals surface area contributed by atoms with Crippen LogP contribution in [-0.4, -0.2) is 40.9 Å². The molecular weight excluding hydrogens is 504 g/mol. The minimum atomic E-state index is -0.887. The second-order valence-corrected chi connectivity index (χ2v) is 12.3. The maximum absolute atomic E-state index is 12.0. The number of hydrogen-bond donors (Lipinski definition) is 3. The van der Waals surface area contributed by atoms with Gasteiger partial charge in [0.25, 0.3) is 0 Å². The van der Waals surface area contributed by atoms with E-state index in [0.717, 1.165) is 30.7 Å². The van der Waals surface area contributed by atoms with Gasteiger partial charge in [0.05, 0.1) is 6.42 Å². The van der Waals surface area contributed by atoms with Crippen molar-refractivity contribution < 1.29 is 14.7 Å². The summed E-state index contributed by atoms with van der Waals surface area (Å²) in [5.41, 5.74) is 1.20. The molecule has 1 aromatic rings. The van der Waals surface area contributed by atoms with Crippen LogP contribution in [0.4, 0.5) is 0 Å². The summed E-state index contributed by atoms with van der Waals surface area (Å²) in [6.07, 6.45) is 24.6. The number of carboxylic acids is 1. The molecule has 3 N–H and O–H groups in total. The van der Waals surface area contributed by atoms with Crippen molar-refractivity contribution in [3.63, 3.8) is 0 Å². The van der Waals surface area contributed by atoms with Crippen LogP contribution in [0.3, 0.4) is 0 Å². The van der Waals surface area contributed by atoms with Crippen LogP contribution in [0, 0.1) is 0 Å². The van der Waals surface area contributed by atoms with E-state index in [2.05, 4.69) is 17.6 Å². The molecular formula is C33H54N2O3S. The minimum Gasteiger partial charge on any atom is -0.481 e. The lowest BCUT2D eigenvalue weighted by Gasteiger charge is -2.30. The molecule has 0 aromatic heterocycles. The van der Waals surface area contributed by atoms with Crippen molar-refractivity contribution in [3.8, 4) is 0 Å². The summed E-state index contributed by atoms with van der Waals surface area (Å²) in [6.45, 7) is 2.19. The van der Waals surface area contributed by atoms with Crippen molar-refractivity contribution >= 4 is 23.6 Å². The van der Waals surface area contributed by atoms with Gasteiger partial charge in [-0.3, -0.25) is 9.59 Å². The van der Waals surface area contributed by atoms with Crippen LogP contribution >= 0.6 is 11.8 Å². The zero-order valence-corrected chi connectivity index (χ0v) is 25.2. The molecule has 2 saturated carbocycles. The molecule has 0 aliphatic heterocycles. The Kier molecular flexibility index (Phi) is 18.8. The van der Waals surface area contributed by atoms with Gasteiger partial charge < -0.3 is 15.7 Å². The SMILES string of the molecule is C1CCC(NC2CCCCC2)CC1.CCCCCC/C=C/CC(=O)NC(CSCc1ccccc1)CC(=O)O. The molecule has 0 radical (unpaired) electrons. The first-order chi connectivity index (χ1) is 19.1. The number of aliphatic carboxylic acids is 1. The second-order valence-electron chi connectivity index (χ2n) is 11.2. The van der Waals surface area contributed by atoms with Crippen molar-refractivity contribution in [1.82, 2.24) is 10.6 Å². The lowest BCUT2D eigenvalue weighted by molar-refractivity contribution is -0.137. The number of allylic oxidation sites excluding steroid dienone is 1. The second kappa shape index (κ2) is 22.0. The topological polar surface area (TPSA) is 78.4 Å². The first-order valence-electron chi connectivity index (χ1n) is 15.6. The summed E-state index contributed by atoms with van der Waals surface area (Å²) in [6, 6.07) is 11.4. The fourth-order valence-corrected chi connectivity index (χ4v) is 6.44. The molecule has 0 bridgehead atoms.